The Morgan fingerprint density at radius 1 is 0.783 bits per heavy atom. The van der Waals surface area contributed by atoms with E-state index < -0.39 is 90.0 Å². The fourth-order valence-electron chi connectivity index (χ4n) is 5.98. The molecule has 1 aliphatic heterocycles. The minimum Gasteiger partial charge on any atom is -0.371 e. The zero-order valence-corrected chi connectivity index (χ0v) is 26.9. The summed E-state index contributed by atoms with van der Waals surface area (Å²) in [6, 6.07) is 20.7. The summed E-state index contributed by atoms with van der Waals surface area (Å²) in [5.74, 6) is 0. The van der Waals surface area contributed by atoms with Gasteiger partial charge in [-0.3, -0.25) is 0 Å². The molecule has 0 aromatic heterocycles. The average Bonchev–Trinajstić information content (AvgIpc) is 3.07. The Bertz CT molecular complexity index is 1410. The zero-order chi connectivity index (χ0) is 36.0. The van der Waals surface area contributed by atoms with E-state index in [0.717, 1.165) is 25.7 Å². The predicted molar refractivity (Wildman–Crippen MR) is 177 cm³/mol. The molecule has 0 bridgehead atoms. The van der Waals surface area contributed by atoms with Crippen LogP contribution in [0.5, 0.6) is 0 Å². The Hall–Kier alpha value is -2.96. The van der Waals surface area contributed by atoms with Crippen LogP contribution in [0.25, 0.3) is 0 Å². The van der Waals surface area contributed by atoms with Crippen LogP contribution in [0.3, 0.4) is 0 Å². The van der Waals surface area contributed by atoms with Gasteiger partial charge in [0.15, 0.2) is 11.3 Å². The molecule has 0 radical (unpaired) electrons. The Labute approximate surface area is 281 Å². The quantitative estimate of drug-likeness (QED) is 0.135. The van der Waals surface area contributed by atoms with E-state index in [2.05, 4.69) is 34.9 Å². The summed E-state index contributed by atoms with van der Waals surface area (Å²) in [6.07, 6.45) is -6.58. The highest BCUT2D eigenvalue weighted by Gasteiger charge is 2.49. The molecule has 13 heteroatoms. The lowest BCUT2D eigenvalue weighted by Gasteiger charge is -2.46. The lowest BCUT2D eigenvalue weighted by Crippen LogP contribution is -2.66. The van der Waals surface area contributed by atoms with Crippen LogP contribution in [0.15, 0.2) is 60.7 Å². The standard InChI is InChI=1S/C33H41N2O9PS/c36-15-19-40-23-27-29(41-20-16-37)30(42-21-17-38)31(43-22-18-39)32(44-27)35-33(46)34-26-13-7-8-14-28(26)45(24-9-3-1-4-10-24)25-11-5-2-6-12-25/h1-6,9-12,15-18,26-32H,7-8,13-14,19-23H2,(H2,34,35,46)/t26?,27-,28?,29-,30+,31-,32-/m1/s1/i15D,16D,17D,18D. The normalized spacial score (nSPS) is 27.4. The van der Waals surface area contributed by atoms with Gasteiger partial charge < -0.3 is 53.5 Å². The number of hydrogen-bond donors (Lipinski definition) is 2. The molecule has 0 amide bonds. The first-order chi connectivity index (χ1) is 24.0. The summed E-state index contributed by atoms with van der Waals surface area (Å²) in [5.41, 5.74) is 0.214. The Morgan fingerprint density at radius 3 is 1.91 bits per heavy atom. The lowest BCUT2D eigenvalue weighted by molar-refractivity contribution is -0.263. The van der Waals surface area contributed by atoms with E-state index in [0.29, 0.717) is 0 Å². The highest BCUT2D eigenvalue weighted by molar-refractivity contribution is 7.80. The molecule has 0 spiro atoms. The molecule has 1 aliphatic carbocycles. The Kier molecular flexibility index (Phi) is 13.0. The van der Waals surface area contributed by atoms with E-state index >= 15 is 0 Å². The number of carbonyl (C=O) groups is 4. The van der Waals surface area contributed by atoms with Crippen LogP contribution in [0.1, 0.15) is 31.2 Å². The number of aldehydes is 4. The number of thiocarbonyl (C=S) groups is 1. The van der Waals surface area contributed by atoms with E-state index in [1.54, 1.807) is 0 Å². The summed E-state index contributed by atoms with van der Waals surface area (Å²) < 4.78 is 58.0. The smallest absolute Gasteiger partial charge is 0.168 e. The topological polar surface area (TPSA) is 138 Å². The van der Waals surface area contributed by atoms with Crippen LogP contribution in [0.4, 0.5) is 0 Å². The molecule has 46 heavy (non-hydrogen) atoms. The molecule has 7 atom stereocenters. The molecule has 248 valence electrons. The van der Waals surface area contributed by atoms with Gasteiger partial charge in [-0.2, -0.15) is 0 Å². The van der Waals surface area contributed by atoms with Crippen LogP contribution in [-0.4, -0.2) is 106 Å². The zero-order valence-electron chi connectivity index (χ0n) is 29.2. The molecule has 1 saturated carbocycles. The van der Waals surface area contributed by atoms with E-state index in [-0.39, 0.29) is 23.4 Å². The van der Waals surface area contributed by atoms with Crippen molar-refractivity contribution in [2.24, 2.45) is 0 Å². The molecule has 2 N–H and O–H groups in total. The molecule has 11 nitrogen and oxygen atoms in total. The Morgan fingerprint density at radius 2 is 1.33 bits per heavy atom. The third-order valence-electron chi connectivity index (χ3n) is 7.80. The molecule has 2 aromatic rings. The molecule has 1 saturated heterocycles. The van der Waals surface area contributed by atoms with E-state index in [9.17, 15) is 19.2 Å². The third kappa shape index (κ3) is 10.0. The van der Waals surface area contributed by atoms with Gasteiger partial charge in [-0.05, 0) is 43.6 Å². The van der Waals surface area contributed by atoms with Crippen LogP contribution in [0, 0.1) is 0 Å². The molecule has 2 unspecified atom stereocenters. The number of hydrogen-bond acceptors (Lipinski definition) is 10. The maximum Gasteiger partial charge on any atom is 0.168 e. The van der Waals surface area contributed by atoms with E-state index in [1.165, 1.54) is 10.6 Å². The molecular weight excluding hydrogens is 631 g/mol. The van der Waals surface area contributed by atoms with Gasteiger partial charge in [0, 0.05) is 11.7 Å². The first kappa shape index (κ1) is 30.4. The van der Waals surface area contributed by atoms with E-state index in [1.807, 2.05) is 36.4 Å². The van der Waals surface area contributed by atoms with Crippen molar-refractivity contribution in [3.05, 3.63) is 60.7 Å². The van der Waals surface area contributed by atoms with Crippen molar-refractivity contribution in [3.63, 3.8) is 0 Å². The average molecular weight is 677 g/mol. The van der Waals surface area contributed by atoms with Gasteiger partial charge in [0.05, 0.1) is 6.61 Å². The third-order valence-corrected chi connectivity index (χ3v) is 11.0. The van der Waals surface area contributed by atoms with Gasteiger partial charge in [-0.1, -0.05) is 73.5 Å². The minimum absolute atomic E-state index is 0.0395. The summed E-state index contributed by atoms with van der Waals surface area (Å²) in [4.78, 5) is 46.2. The summed E-state index contributed by atoms with van der Waals surface area (Å²) in [5, 5.41) is 9.24. The van der Waals surface area contributed by atoms with Gasteiger partial charge in [0.25, 0.3) is 0 Å². The SMILES string of the molecule is [2H]C(=O)COC[C@H]1O[C@@H](NC(=S)NC2CCCCC2P(c2ccccc2)c2ccccc2)[C@H](OCC([2H])=O)[C@@H](OCC([2H])=O)[C@@H]1OCC([2H])=O. The van der Waals surface area contributed by atoms with Crippen molar-refractivity contribution in [1.29, 1.82) is 0 Å². The number of ether oxygens (including phenoxy) is 5. The first-order valence-corrected chi connectivity index (χ1v) is 16.9. The number of nitrogens with one attached hydrogen (secondary N) is 2. The molecule has 1 heterocycles. The molecule has 2 aromatic carbocycles. The molecule has 2 aliphatic rings. The molecular formula is C33H41N2O9PS. The predicted octanol–water partition coefficient (Wildman–Crippen LogP) is 1.59. The highest BCUT2D eigenvalue weighted by Crippen LogP contribution is 2.46. The highest BCUT2D eigenvalue weighted by atomic mass is 32.1. The van der Waals surface area contributed by atoms with Crippen molar-refractivity contribution in [1.82, 2.24) is 10.6 Å². The summed E-state index contributed by atoms with van der Waals surface area (Å²) in [6.45, 7) is -3.08. The van der Waals surface area contributed by atoms with Crippen LogP contribution < -0.4 is 21.2 Å². The van der Waals surface area contributed by atoms with E-state index in [4.69, 9.17) is 41.4 Å². The van der Waals surface area contributed by atoms with Crippen LogP contribution >= 0.6 is 20.1 Å². The van der Waals surface area contributed by atoms with Gasteiger partial charge in [-0.15, -0.1) is 0 Å². The first-order valence-electron chi connectivity index (χ1n) is 17.1. The minimum atomic E-state index is -1.30. The van der Waals surface area contributed by atoms with Crippen molar-refractivity contribution in [3.8, 4) is 0 Å². The summed E-state index contributed by atoms with van der Waals surface area (Å²) in [7, 11) is -0.787. The number of rotatable bonds is 18. The lowest BCUT2D eigenvalue weighted by atomic mass is 9.95. The van der Waals surface area contributed by atoms with Crippen molar-refractivity contribution in [2.45, 2.75) is 68.0 Å². The second kappa shape index (κ2) is 19.6. The van der Waals surface area contributed by atoms with Gasteiger partial charge >= 0.3 is 0 Å². The molecule has 2 fully saturated rings. The van der Waals surface area contributed by atoms with Crippen LogP contribution in [0.2, 0.25) is 0 Å². The summed E-state index contributed by atoms with van der Waals surface area (Å²) >= 11 is 5.82. The van der Waals surface area contributed by atoms with Crippen molar-refractivity contribution in [2.75, 3.05) is 33.0 Å². The number of carbonyl (C=O) groups excluding carboxylic acids is 4. The Balaban J connectivity index is 1.61. The maximum absolute atomic E-state index is 11.7. The monoisotopic (exact) mass is 676 g/mol. The maximum atomic E-state index is 11.7. The van der Waals surface area contributed by atoms with Gasteiger partial charge in [0.2, 0.25) is 0 Å². The fourth-order valence-corrected chi connectivity index (χ4v) is 9.33. The van der Waals surface area contributed by atoms with Crippen molar-refractivity contribution >= 4 is 60.9 Å². The van der Waals surface area contributed by atoms with Gasteiger partial charge in [0.1, 0.15) is 81.4 Å². The largest absolute Gasteiger partial charge is 0.371 e. The van der Waals surface area contributed by atoms with Crippen molar-refractivity contribution < 1.29 is 48.3 Å². The van der Waals surface area contributed by atoms with Gasteiger partial charge in [-0.25, -0.2) is 0 Å². The molecule has 4 rings (SSSR count). The second-order valence-corrected chi connectivity index (χ2v) is 13.5. The fraction of sp³-hybridized carbons (Fsp3) is 0.485. The van der Waals surface area contributed by atoms with Crippen LogP contribution in [-0.2, 0) is 42.9 Å². The second-order valence-electron chi connectivity index (χ2n) is 10.6. The number of benzene rings is 2.